The van der Waals surface area contributed by atoms with Crippen molar-refractivity contribution in [1.29, 1.82) is 0 Å². The first-order valence-corrected chi connectivity index (χ1v) is 11.7. The monoisotopic (exact) mass is 476 g/mol. The van der Waals surface area contributed by atoms with E-state index in [9.17, 15) is 22.8 Å². The minimum atomic E-state index is -4.49. The van der Waals surface area contributed by atoms with Crippen LogP contribution < -0.4 is 10.6 Å². The second-order valence-corrected chi connectivity index (χ2v) is 9.62. The zero-order valence-corrected chi connectivity index (χ0v) is 20.6. The molecule has 2 amide bonds. The van der Waals surface area contributed by atoms with Gasteiger partial charge in [0.15, 0.2) is 0 Å². The first-order chi connectivity index (χ1) is 15.9. The number of halogens is 3. The van der Waals surface area contributed by atoms with Crippen molar-refractivity contribution in [2.75, 3.05) is 12.4 Å². The fourth-order valence-corrected chi connectivity index (χ4v) is 4.13. The Morgan fingerprint density at radius 1 is 0.971 bits per heavy atom. The first kappa shape index (κ1) is 27.4. The molecule has 0 heterocycles. The number of amides is 2. The topological polar surface area (TPSA) is 58.2 Å². The summed E-state index contributed by atoms with van der Waals surface area (Å²) < 4.78 is 41.0. The highest BCUT2D eigenvalue weighted by atomic mass is 19.4. The Balaban J connectivity index is 2.38. The molecule has 0 aromatic heterocycles. The van der Waals surface area contributed by atoms with Gasteiger partial charge in [0.05, 0.1) is 5.56 Å². The summed E-state index contributed by atoms with van der Waals surface area (Å²) in [6.07, 6.45) is -1.53. The summed E-state index contributed by atoms with van der Waals surface area (Å²) in [6, 6.07) is 10.6. The number of alkyl halides is 3. The van der Waals surface area contributed by atoms with Crippen LogP contribution in [0.15, 0.2) is 42.5 Å². The Morgan fingerprint density at radius 3 is 2.24 bits per heavy atom. The third-order valence-corrected chi connectivity index (χ3v) is 5.88. The molecule has 7 heteroatoms. The number of anilines is 1. The third-order valence-electron chi connectivity index (χ3n) is 5.88. The lowest BCUT2D eigenvalue weighted by molar-refractivity contribution is -0.138. The maximum Gasteiger partial charge on any atom is 0.416 e. The van der Waals surface area contributed by atoms with Gasteiger partial charge >= 0.3 is 6.18 Å². The number of hydrogen-bond acceptors (Lipinski definition) is 2. The van der Waals surface area contributed by atoms with Crippen LogP contribution in [-0.4, -0.2) is 18.9 Å². The molecule has 0 saturated carbocycles. The molecule has 4 nitrogen and oxygen atoms in total. The number of rotatable bonds is 9. The summed E-state index contributed by atoms with van der Waals surface area (Å²) in [5.74, 6) is -1.23. The fraction of sp³-hybridized carbons (Fsp3) is 0.481. The zero-order chi connectivity index (χ0) is 25.5. The van der Waals surface area contributed by atoms with Gasteiger partial charge < -0.3 is 10.6 Å². The molecule has 0 aliphatic carbocycles. The summed E-state index contributed by atoms with van der Waals surface area (Å²) in [5.41, 5.74) is 0.875. The van der Waals surface area contributed by atoms with Crippen LogP contribution in [0.4, 0.5) is 18.9 Å². The SMILES string of the molecule is CCCCCC(CC(=O)Nc1cc(C(=O)NC)ccc1C(C)(C)C)c1ccccc1C(F)(F)F. The first-order valence-electron chi connectivity index (χ1n) is 11.7. The molecule has 34 heavy (non-hydrogen) atoms. The molecule has 0 bridgehead atoms. The van der Waals surface area contributed by atoms with E-state index in [4.69, 9.17) is 0 Å². The molecule has 0 aliphatic heterocycles. The predicted molar refractivity (Wildman–Crippen MR) is 130 cm³/mol. The van der Waals surface area contributed by atoms with Crippen molar-refractivity contribution < 1.29 is 22.8 Å². The van der Waals surface area contributed by atoms with Crippen LogP contribution in [0.5, 0.6) is 0 Å². The quantitative estimate of drug-likeness (QED) is 0.381. The lowest BCUT2D eigenvalue weighted by atomic mass is 9.84. The predicted octanol–water partition coefficient (Wildman–Crippen LogP) is 7.06. The minimum absolute atomic E-state index is 0.0788. The maximum atomic E-state index is 13.7. The number of carbonyl (C=O) groups is 2. The van der Waals surface area contributed by atoms with Crippen LogP contribution in [0.1, 0.15) is 92.8 Å². The normalized spacial score (nSPS) is 12.8. The van der Waals surface area contributed by atoms with E-state index in [1.54, 1.807) is 24.3 Å². The van der Waals surface area contributed by atoms with Crippen molar-refractivity contribution in [3.63, 3.8) is 0 Å². The molecule has 0 radical (unpaired) electrons. The Hall–Kier alpha value is -2.83. The highest BCUT2D eigenvalue weighted by molar-refractivity contribution is 5.98. The molecule has 2 aromatic rings. The molecule has 2 aromatic carbocycles. The van der Waals surface area contributed by atoms with E-state index in [1.165, 1.54) is 19.2 Å². The van der Waals surface area contributed by atoms with Crippen molar-refractivity contribution in [1.82, 2.24) is 5.32 Å². The van der Waals surface area contributed by atoms with Gasteiger partial charge in [0, 0.05) is 24.7 Å². The van der Waals surface area contributed by atoms with Gasteiger partial charge in [-0.3, -0.25) is 9.59 Å². The van der Waals surface area contributed by atoms with Gasteiger partial charge in [-0.2, -0.15) is 13.2 Å². The molecular weight excluding hydrogens is 441 g/mol. The summed E-state index contributed by atoms with van der Waals surface area (Å²) in [5, 5.41) is 5.45. The van der Waals surface area contributed by atoms with Gasteiger partial charge in [0.25, 0.3) is 5.91 Å². The van der Waals surface area contributed by atoms with Gasteiger partial charge in [-0.15, -0.1) is 0 Å². The van der Waals surface area contributed by atoms with Gasteiger partial charge in [-0.05, 0) is 47.1 Å². The van der Waals surface area contributed by atoms with E-state index in [2.05, 4.69) is 10.6 Å². The molecular formula is C27H35F3N2O2. The van der Waals surface area contributed by atoms with Gasteiger partial charge in [0.1, 0.15) is 0 Å². The molecule has 0 spiro atoms. The number of unbranched alkanes of at least 4 members (excludes halogenated alkanes) is 2. The van der Waals surface area contributed by atoms with E-state index >= 15 is 0 Å². The summed E-state index contributed by atoms with van der Waals surface area (Å²) in [7, 11) is 1.53. The van der Waals surface area contributed by atoms with Crippen molar-refractivity contribution in [3.8, 4) is 0 Å². The van der Waals surface area contributed by atoms with Crippen LogP contribution in [0, 0.1) is 0 Å². The summed E-state index contributed by atoms with van der Waals surface area (Å²) in [6.45, 7) is 8.00. The van der Waals surface area contributed by atoms with Gasteiger partial charge in [-0.25, -0.2) is 0 Å². The fourth-order valence-electron chi connectivity index (χ4n) is 4.13. The van der Waals surface area contributed by atoms with Crippen molar-refractivity contribution >= 4 is 17.5 Å². The average molecular weight is 477 g/mol. The van der Waals surface area contributed by atoms with E-state index < -0.39 is 17.7 Å². The van der Waals surface area contributed by atoms with Crippen LogP contribution in [0.25, 0.3) is 0 Å². The molecule has 0 aliphatic rings. The minimum Gasteiger partial charge on any atom is -0.355 e. The van der Waals surface area contributed by atoms with Crippen LogP contribution >= 0.6 is 0 Å². The van der Waals surface area contributed by atoms with Gasteiger partial charge in [-0.1, -0.05) is 71.2 Å². The maximum absolute atomic E-state index is 13.7. The lowest BCUT2D eigenvalue weighted by Gasteiger charge is -2.25. The van der Waals surface area contributed by atoms with Crippen LogP contribution in [0.3, 0.4) is 0 Å². The van der Waals surface area contributed by atoms with E-state index in [0.717, 1.165) is 30.9 Å². The number of carbonyl (C=O) groups excluding carboxylic acids is 2. The molecule has 1 unspecified atom stereocenters. The Kier molecular flexibility index (Phi) is 9.30. The lowest BCUT2D eigenvalue weighted by Crippen LogP contribution is -2.23. The molecule has 1 atom stereocenters. The Bertz CT molecular complexity index is 994. The second kappa shape index (κ2) is 11.5. The Morgan fingerprint density at radius 2 is 1.65 bits per heavy atom. The third kappa shape index (κ3) is 7.34. The van der Waals surface area contributed by atoms with Crippen molar-refractivity contribution in [3.05, 3.63) is 64.7 Å². The molecule has 0 saturated heterocycles. The molecule has 2 rings (SSSR count). The smallest absolute Gasteiger partial charge is 0.355 e. The van der Waals surface area contributed by atoms with Crippen LogP contribution in [0.2, 0.25) is 0 Å². The summed E-state index contributed by atoms with van der Waals surface area (Å²) in [4.78, 5) is 25.2. The molecule has 0 fully saturated rings. The van der Waals surface area contributed by atoms with Crippen LogP contribution in [-0.2, 0) is 16.4 Å². The van der Waals surface area contributed by atoms with Crippen molar-refractivity contribution in [2.45, 2.75) is 77.3 Å². The molecule has 2 N–H and O–H groups in total. The second-order valence-electron chi connectivity index (χ2n) is 9.62. The summed E-state index contributed by atoms with van der Waals surface area (Å²) >= 11 is 0. The number of nitrogens with one attached hydrogen (secondary N) is 2. The number of benzene rings is 2. The van der Waals surface area contributed by atoms with E-state index in [-0.39, 0.29) is 29.2 Å². The standard InChI is InChI=1S/C27H35F3N2O2/c1-6-7-8-11-18(20-12-9-10-13-21(20)27(28,29)30)17-24(33)32-23-16-19(25(34)31-5)14-15-22(23)26(2,3)4/h9-10,12-16,18H,6-8,11,17H2,1-5H3,(H,31,34)(H,32,33). The van der Waals surface area contributed by atoms with Gasteiger partial charge in [0.2, 0.25) is 5.91 Å². The van der Waals surface area contributed by atoms with E-state index in [1.807, 2.05) is 27.7 Å². The number of hydrogen-bond donors (Lipinski definition) is 2. The van der Waals surface area contributed by atoms with E-state index in [0.29, 0.717) is 17.7 Å². The highest BCUT2D eigenvalue weighted by Crippen LogP contribution is 2.38. The van der Waals surface area contributed by atoms with Crippen molar-refractivity contribution in [2.24, 2.45) is 0 Å². The molecule has 186 valence electrons. The average Bonchev–Trinajstić information content (AvgIpc) is 2.76. The highest BCUT2D eigenvalue weighted by Gasteiger charge is 2.35. The Labute approximate surface area is 200 Å². The zero-order valence-electron chi connectivity index (χ0n) is 20.6. The largest absolute Gasteiger partial charge is 0.416 e.